The fourth-order valence-electron chi connectivity index (χ4n) is 3.44. The minimum atomic E-state index is -3.98. The molecule has 2 amide bonds. The lowest BCUT2D eigenvalue weighted by molar-refractivity contribution is 0.0846. The van der Waals surface area contributed by atoms with Gasteiger partial charge in [0.15, 0.2) is 0 Å². The van der Waals surface area contributed by atoms with E-state index in [1.807, 2.05) is 47.6 Å². The van der Waals surface area contributed by atoms with E-state index in [4.69, 9.17) is 0 Å². The second-order valence-electron chi connectivity index (χ2n) is 10.1. The summed E-state index contributed by atoms with van der Waals surface area (Å²) in [5.74, 6) is -0.525. The average molecular weight is 447 g/mol. The van der Waals surface area contributed by atoms with Gasteiger partial charge in [0.05, 0.1) is 16.8 Å². The molecule has 0 radical (unpaired) electrons. The van der Waals surface area contributed by atoms with Crippen LogP contribution in [0.4, 0.5) is 5.82 Å². The smallest absolute Gasteiger partial charge is 0.269 e. The van der Waals surface area contributed by atoms with Crippen LogP contribution in [0.5, 0.6) is 0 Å². The zero-order valence-corrected chi connectivity index (χ0v) is 20.1. The summed E-state index contributed by atoms with van der Waals surface area (Å²) in [4.78, 5) is 25.4. The Labute approximate surface area is 183 Å². The predicted octanol–water partition coefficient (Wildman–Crippen LogP) is 3.74. The predicted molar refractivity (Wildman–Crippen MR) is 119 cm³/mol. The monoisotopic (exact) mass is 446 g/mol. The third kappa shape index (κ3) is 3.98. The van der Waals surface area contributed by atoms with Crippen LogP contribution in [0.2, 0.25) is 0 Å². The largest absolute Gasteiger partial charge is 0.307 e. The first-order valence-corrected chi connectivity index (χ1v) is 11.6. The van der Waals surface area contributed by atoms with Crippen molar-refractivity contribution in [1.29, 1.82) is 0 Å². The average Bonchev–Trinajstić information content (AvgIpc) is 3.12. The Morgan fingerprint density at radius 1 is 1.06 bits per heavy atom. The number of fused-ring (bicyclic) bond motifs is 1. The lowest BCUT2D eigenvalue weighted by Crippen LogP contribution is -2.36. The van der Waals surface area contributed by atoms with E-state index in [1.54, 1.807) is 18.5 Å². The minimum Gasteiger partial charge on any atom is -0.307 e. The topological polar surface area (TPSA) is 101 Å². The maximum absolute atomic E-state index is 13.0. The number of amides is 2. The first kappa shape index (κ1) is 23.0. The van der Waals surface area contributed by atoms with E-state index in [2.05, 4.69) is 10.4 Å². The normalized spacial score (nSPS) is 16.0. The Balaban J connectivity index is 2.00. The Hall–Kier alpha value is -2.68. The minimum absolute atomic E-state index is 0.0833. The first-order valence-electron chi connectivity index (χ1n) is 10.2. The molecule has 1 N–H and O–H groups in total. The van der Waals surface area contributed by atoms with Gasteiger partial charge in [-0.3, -0.25) is 9.59 Å². The molecule has 2 aromatic rings. The van der Waals surface area contributed by atoms with Crippen LogP contribution in [0.3, 0.4) is 0 Å². The van der Waals surface area contributed by atoms with Crippen molar-refractivity contribution in [3.63, 3.8) is 0 Å². The molecule has 2 heterocycles. The summed E-state index contributed by atoms with van der Waals surface area (Å²) in [5, 5.41) is 7.53. The first-order chi connectivity index (χ1) is 14.0. The van der Waals surface area contributed by atoms with Gasteiger partial charge in [-0.25, -0.2) is 17.4 Å². The number of anilines is 1. The number of rotatable bonds is 3. The highest BCUT2D eigenvalue weighted by Gasteiger charge is 2.43. The molecule has 1 aliphatic rings. The van der Waals surface area contributed by atoms with Crippen LogP contribution in [0.1, 0.15) is 81.8 Å². The zero-order chi connectivity index (χ0) is 23.5. The van der Waals surface area contributed by atoms with Crippen molar-refractivity contribution in [2.24, 2.45) is 0 Å². The van der Waals surface area contributed by atoms with Crippen LogP contribution in [-0.4, -0.2) is 40.4 Å². The van der Waals surface area contributed by atoms with Gasteiger partial charge in [-0.15, -0.1) is 0 Å². The van der Waals surface area contributed by atoms with Crippen molar-refractivity contribution in [3.8, 4) is 0 Å². The number of carbonyl (C=O) groups is 2. The Kier molecular flexibility index (Phi) is 5.33. The molecular weight excluding hydrogens is 416 g/mol. The van der Waals surface area contributed by atoms with E-state index in [0.29, 0.717) is 5.82 Å². The molecule has 3 rings (SSSR count). The molecule has 0 bridgehead atoms. The van der Waals surface area contributed by atoms with Gasteiger partial charge in [0.1, 0.15) is 10.7 Å². The fourth-order valence-corrected chi connectivity index (χ4v) is 5.23. The lowest BCUT2D eigenvalue weighted by Gasteiger charge is -2.23. The number of hydrogen-bond acceptors (Lipinski definition) is 5. The standard InChI is InChI=1S/C22H30N4O4S/c1-13(2)25-20(28)15-10-9-14(11-16(15)31(25,29)30)19(27)23-18-12-17(21(3,4)5)24-26(18)22(6,7)8/h9-13H,1-8H3,(H,23,27). The number of benzene rings is 1. The van der Waals surface area contributed by atoms with Crippen LogP contribution in [-0.2, 0) is 21.0 Å². The summed E-state index contributed by atoms with van der Waals surface area (Å²) < 4.78 is 28.3. The highest BCUT2D eigenvalue weighted by Crippen LogP contribution is 2.33. The van der Waals surface area contributed by atoms with Crippen molar-refractivity contribution in [3.05, 3.63) is 41.1 Å². The van der Waals surface area contributed by atoms with Crippen LogP contribution in [0, 0.1) is 0 Å². The van der Waals surface area contributed by atoms with Crippen LogP contribution < -0.4 is 5.32 Å². The Morgan fingerprint density at radius 2 is 1.68 bits per heavy atom. The molecule has 168 valence electrons. The molecule has 0 aliphatic carbocycles. The molecule has 31 heavy (non-hydrogen) atoms. The molecule has 0 saturated carbocycles. The zero-order valence-electron chi connectivity index (χ0n) is 19.3. The van der Waals surface area contributed by atoms with Gasteiger partial charge in [-0.1, -0.05) is 20.8 Å². The third-order valence-corrected chi connectivity index (χ3v) is 7.03. The summed E-state index contributed by atoms with van der Waals surface area (Å²) in [6.07, 6.45) is 0. The number of aromatic nitrogens is 2. The van der Waals surface area contributed by atoms with Crippen molar-refractivity contribution >= 4 is 27.7 Å². The fraction of sp³-hybridized carbons (Fsp3) is 0.500. The van der Waals surface area contributed by atoms with Crippen molar-refractivity contribution in [2.45, 2.75) is 77.3 Å². The summed E-state index contributed by atoms with van der Waals surface area (Å²) in [6, 6.07) is 5.45. The van der Waals surface area contributed by atoms with E-state index in [-0.39, 0.29) is 27.0 Å². The van der Waals surface area contributed by atoms with Gasteiger partial charge >= 0.3 is 0 Å². The van der Waals surface area contributed by atoms with Crippen LogP contribution in [0.15, 0.2) is 29.2 Å². The Morgan fingerprint density at radius 3 is 2.19 bits per heavy atom. The summed E-state index contributed by atoms with van der Waals surface area (Å²) in [7, 11) is -3.98. The number of hydrogen-bond donors (Lipinski definition) is 1. The van der Waals surface area contributed by atoms with Crippen LogP contribution >= 0.6 is 0 Å². The molecule has 0 unspecified atom stereocenters. The quantitative estimate of drug-likeness (QED) is 0.774. The molecular formula is C22H30N4O4S. The number of carbonyl (C=O) groups excluding carboxylic acids is 2. The second-order valence-corrected chi connectivity index (χ2v) is 11.9. The van der Waals surface area contributed by atoms with Crippen molar-refractivity contribution < 1.29 is 18.0 Å². The van der Waals surface area contributed by atoms with E-state index >= 15 is 0 Å². The molecule has 1 aromatic heterocycles. The molecule has 0 atom stereocenters. The third-order valence-electron chi connectivity index (χ3n) is 5.04. The highest BCUT2D eigenvalue weighted by molar-refractivity contribution is 7.90. The van der Waals surface area contributed by atoms with Gasteiger partial charge < -0.3 is 5.32 Å². The van der Waals surface area contributed by atoms with Crippen LogP contribution in [0.25, 0.3) is 0 Å². The van der Waals surface area contributed by atoms with E-state index in [0.717, 1.165) is 10.00 Å². The molecule has 0 fully saturated rings. The summed E-state index contributed by atoms with van der Waals surface area (Å²) in [5.41, 5.74) is 0.475. The molecule has 0 spiro atoms. The van der Waals surface area contributed by atoms with Gasteiger partial charge in [0.2, 0.25) is 0 Å². The number of nitrogens with one attached hydrogen (secondary N) is 1. The molecule has 1 aromatic carbocycles. The van der Waals surface area contributed by atoms with Gasteiger partial charge in [-0.2, -0.15) is 5.10 Å². The van der Waals surface area contributed by atoms with Crippen molar-refractivity contribution in [1.82, 2.24) is 14.1 Å². The van der Waals surface area contributed by atoms with Crippen molar-refractivity contribution in [2.75, 3.05) is 5.32 Å². The SMILES string of the molecule is CC(C)N1C(=O)c2ccc(C(=O)Nc3cc(C(C)(C)C)nn3C(C)(C)C)cc2S1(=O)=O. The lowest BCUT2D eigenvalue weighted by atomic mass is 9.92. The van der Waals surface area contributed by atoms with E-state index < -0.39 is 27.9 Å². The highest BCUT2D eigenvalue weighted by atomic mass is 32.2. The van der Waals surface area contributed by atoms with E-state index in [1.165, 1.54) is 18.2 Å². The van der Waals surface area contributed by atoms with Gasteiger partial charge in [0.25, 0.3) is 21.8 Å². The molecule has 1 aliphatic heterocycles. The second kappa shape index (κ2) is 7.19. The Bertz CT molecular complexity index is 1170. The number of nitrogens with zero attached hydrogens (tertiary/aromatic N) is 3. The summed E-state index contributed by atoms with van der Waals surface area (Å²) in [6.45, 7) is 15.3. The molecule has 0 saturated heterocycles. The molecule has 8 nitrogen and oxygen atoms in total. The maximum Gasteiger partial charge on any atom is 0.269 e. The maximum atomic E-state index is 13.0. The number of sulfonamides is 1. The molecule has 9 heteroatoms. The van der Waals surface area contributed by atoms with Gasteiger partial charge in [0, 0.05) is 23.1 Å². The van der Waals surface area contributed by atoms with Gasteiger partial charge in [-0.05, 0) is 52.8 Å². The van der Waals surface area contributed by atoms with E-state index in [9.17, 15) is 18.0 Å². The summed E-state index contributed by atoms with van der Waals surface area (Å²) >= 11 is 0.